The van der Waals surface area contributed by atoms with E-state index in [4.69, 9.17) is 9.72 Å². The Morgan fingerprint density at radius 3 is 2.78 bits per heavy atom. The first-order valence-electron chi connectivity index (χ1n) is 11.7. The molecule has 1 aliphatic rings. The van der Waals surface area contributed by atoms with Crippen molar-refractivity contribution < 1.29 is 9.53 Å². The number of carbonyl (C=O) groups is 1. The van der Waals surface area contributed by atoms with Crippen molar-refractivity contribution in [2.45, 2.75) is 65.2 Å². The van der Waals surface area contributed by atoms with Crippen molar-refractivity contribution in [1.29, 1.82) is 0 Å². The summed E-state index contributed by atoms with van der Waals surface area (Å²) in [5, 5.41) is 2.66. The molecular weight excluding hydrogens is 416 g/mol. The molecule has 0 radical (unpaired) electrons. The summed E-state index contributed by atoms with van der Waals surface area (Å²) < 4.78 is 4.83. The lowest BCUT2D eigenvalue weighted by atomic mass is 9.87. The van der Waals surface area contributed by atoms with Crippen LogP contribution in [-0.4, -0.2) is 23.0 Å². The Morgan fingerprint density at radius 1 is 1.12 bits per heavy atom. The van der Waals surface area contributed by atoms with E-state index in [0.29, 0.717) is 6.42 Å². The van der Waals surface area contributed by atoms with Crippen LogP contribution < -0.4 is 0 Å². The van der Waals surface area contributed by atoms with Gasteiger partial charge in [-0.3, -0.25) is 4.79 Å². The van der Waals surface area contributed by atoms with Gasteiger partial charge in [0.05, 0.1) is 7.11 Å². The van der Waals surface area contributed by atoms with Gasteiger partial charge in [0.25, 0.3) is 0 Å². The first kappa shape index (κ1) is 21.2. The number of nitrogens with zero attached hydrogens (tertiary/aromatic N) is 1. The maximum absolute atomic E-state index is 11.6. The van der Waals surface area contributed by atoms with Crippen LogP contribution in [0.4, 0.5) is 0 Å². The second-order valence-electron chi connectivity index (χ2n) is 8.90. The molecule has 4 aromatic rings. The molecule has 0 unspecified atom stereocenters. The van der Waals surface area contributed by atoms with Gasteiger partial charge in [-0.15, -0.1) is 11.3 Å². The Balaban J connectivity index is 1.71. The van der Waals surface area contributed by atoms with Gasteiger partial charge < -0.3 is 9.72 Å². The SMILES string of the molecule is COC(=O)CCCCc1c(C)nc2sc3c(c2c1-c1c(C)[nH]c2ccccc12)CCCC3. The number of pyridine rings is 1. The number of fused-ring (bicyclic) bond motifs is 4. The number of ether oxygens (including phenoxy) is 1. The first-order valence-corrected chi connectivity index (χ1v) is 12.5. The Morgan fingerprint density at radius 2 is 1.94 bits per heavy atom. The third kappa shape index (κ3) is 3.62. The molecule has 5 rings (SSSR count). The fraction of sp³-hybridized carbons (Fsp3) is 0.407. The number of aromatic nitrogens is 2. The zero-order valence-corrected chi connectivity index (χ0v) is 20.0. The molecule has 5 heteroatoms. The highest BCUT2D eigenvalue weighted by Gasteiger charge is 2.25. The molecule has 0 saturated heterocycles. The molecule has 0 atom stereocenters. The Hall–Kier alpha value is -2.66. The van der Waals surface area contributed by atoms with Crippen LogP contribution in [0.25, 0.3) is 32.2 Å². The molecule has 1 N–H and O–H groups in total. The van der Waals surface area contributed by atoms with Crippen molar-refractivity contribution in [1.82, 2.24) is 9.97 Å². The van der Waals surface area contributed by atoms with Gasteiger partial charge >= 0.3 is 5.97 Å². The number of H-pyrrole nitrogens is 1. The summed E-state index contributed by atoms with van der Waals surface area (Å²) in [6, 6.07) is 8.62. The summed E-state index contributed by atoms with van der Waals surface area (Å²) in [5.41, 5.74) is 9.08. The lowest BCUT2D eigenvalue weighted by Crippen LogP contribution is -2.03. The number of esters is 1. The van der Waals surface area contributed by atoms with Crippen molar-refractivity contribution >= 4 is 38.4 Å². The molecule has 1 aliphatic carbocycles. The minimum absolute atomic E-state index is 0.130. The smallest absolute Gasteiger partial charge is 0.305 e. The quantitative estimate of drug-likeness (QED) is 0.261. The third-order valence-corrected chi connectivity index (χ3v) is 8.03. The highest BCUT2D eigenvalue weighted by molar-refractivity contribution is 7.19. The van der Waals surface area contributed by atoms with Gasteiger partial charge in [0.2, 0.25) is 0 Å². The maximum Gasteiger partial charge on any atom is 0.305 e. The van der Waals surface area contributed by atoms with E-state index in [1.54, 1.807) is 0 Å². The molecular formula is C27H30N2O2S. The van der Waals surface area contributed by atoms with E-state index in [-0.39, 0.29) is 5.97 Å². The van der Waals surface area contributed by atoms with Crippen LogP contribution in [0.1, 0.15) is 59.5 Å². The predicted molar refractivity (Wildman–Crippen MR) is 133 cm³/mol. The number of hydrogen-bond acceptors (Lipinski definition) is 4. The molecule has 0 fully saturated rings. The van der Waals surface area contributed by atoms with Crippen LogP contribution in [0.2, 0.25) is 0 Å². The van der Waals surface area contributed by atoms with E-state index >= 15 is 0 Å². The molecule has 1 aromatic carbocycles. The summed E-state index contributed by atoms with van der Waals surface area (Å²) in [5.74, 6) is -0.130. The topological polar surface area (TPSA) is 55.0 Å². The first-order chi connectivity index (χ1) is 15.6. The summed E-state index contributed by atoms with van der Waals surface area (Å²) in [6.45, 7) is 4.35. The van der Waals surface area contributed by atoms with Gasteiger partial charge in [0.1, 0.15) is 4.83 Å². The van der Waals surface area contributed by atoms with Crippen LogP contribution in [0.3, 0.4) is 0 Å². The molecule has 3 aromatic heterocycles. The van der Waals surface area contributed by atoms with Crippen LogP contribution in [0, 0.1) is 13.8 Å². The van der Waals surface area contributed by atoms with Crippen molar-refractivity contribution in [3.8, 4) is 11.1 Å². The van der Waals surface area contributed by atoms with Gasteiger partial charge in [0, 0.05) is 44.5 Å². The molecule has 0 amide bonds. The van der Waals surface area contributed by atoms with Gasteiger partial charge in [-0.2, -0.15) is 0 Å². The van der Waals surface area contributed by atoms with Crippen LogP contribution in [0.15, 0.2) is 24.3 Å². The number of para-hydroxylation sites is 1. The lowest BCUT2D eigenvalue weighted by Gasteiger charge is -2.17. The molecule has 0 saturated carbocycles. The number of aromatic amines is 1. The number of aryl methyl sites for hydroxylation is 4. The number of benzene rings is 1. The molecule has 32 heavy (non-hydrogen) atoms. The Labute approximate surface area is 193 Å². The number of rotatable bonds is 6. The number of nitrogens with one attached hydrogen (secondary N) is 1. The van der Waals surface area contributed by atoms with E-state index < -0.39 is 0 Å². The van der Waals surface area contributed by atoms with Crippen LogP contribution in [-0.2, 0) is 28.8 Å². The van der Waals surface area contributed by atoms with Gasteiger partial charge in [-0.05, 0) is 81.5 Å². The Bertz CT molecular complexity index is 1310. The molecule has 4 nitrogen and oxygen atoms in total. The monoisotopic (exact) mass is 446 g/mol. The zero-order chi connectivity index (χ0) is 22.2. The van der Waals surface area contributed by atoms with Crippen molar-refractivity contribution in [3.63, 3.8) is 0 Å². The predicted octanol–water partition coefficient (Wildman–Crippen LogP) is 6.83. The number of methoxy groups -OCH3 is 1. The van der Waals surface area contributed by atoms with Crippen molar-refractivity contribution in [2.75, 3.05) is 7.11 Å². The number of unbranched alkanes of at least 4 members (excludes halogenated alkanes) is 1. The van der Waals surface area contributed by atoms with Gasteiger partial charge in [0.15, 0.2) is 0 Å². The maximum atomic E-state index is 11.6. The summed E-state index contributed by atoms with van der Waals surface area (Å²) >= 11 is 1.90. The highest BCUT2D eigenvalue weighted by atomic mass is 32.1. The standard InChI is InChI=1S/C27H30N2O2S/c1-16-18(10-6-9-15-23(30)31-3)25(24-17(2)28-21-13-7-4-11-19(21)24)26-20-12-5-8-14-22(20)32-27(26)29-16/h4,7,11,13,28H,5-6,8-10,12,14-15H2,1-3H3. The van der Waals surface area contributed by atoms with Crippen molar-refractivity contribution in [2.24, 2.45) is 0 Å². The summed E-state index contributed by atoms with van der Waals surface area (Å²) in [7, 11) is 1.46. The van der Waals surface area contributed by atoms with E-state index in [2.05, 4.69) is 43.1 Å². The molecule has 166 valence electrons. The average molecular weight is 447 g/mol. The third-order valence-electron chi connectivity index (χ3n) is 6.84. The number of carbonyl (C=O) groups excluding carboxylic acids is 1. The normalized spacial score (nSPS) is 13.6. The molecule has 0 aliphatic heterocycles. The fourth-order valence-electron chi connectivity index (χ4n) is 5.29. The summed E-state index contributed by atoms with van der Waals surface area (Å²) in [6.07, 6.45) is 8.04. The molecule has 3 heterocycles. The average Bonchev–Trinajstić information content (AvgIpc) is 3.32. The van der Waals surface area contributed by atoms with Crippen molar-refractivity contribution in [3.05, 3.63) is 51.7 Å². The van der Waals surface area contributed by atoms with E-state index in [1.165, 1.54) is 80.3 Å². The lowest BCUT2D eigenvalue weighted by molar-refractivity contribution is -0.140. The largest absolute Gasteiger partial charge is 0.469 e. The zero-order valence-electron chi connectivity index (χ0n) is 19.1. The second-order valence-corrected chi connectivity index (χ2v) is 9.98. The van der Waals surface area contributed by atoms with Gasteiger partial charge in [-0.25, -0.2) is 4.98 Å². The minimum atomic E-state index is -0.130. The Kier molecular flexibility index (Phi) is 5.76. The van der Waals surface area contributed by atoms with E-state index in [9.17, 15) is 4.79 Å². The fourth-order valence-corrected chi connectivity index (χ4v) is 6.61. The van der Waals surface area contributed by atoms with Crippen LogP contribution >= 0.6 is 11.3 Å². The highest BCUT2D eigenvalue weighted by Crippen LogP contribution is 2.46. The molecule has 0 bridgehead atoms. The minimum Gasteiger partial charge on any atom is -0.469 e. The molecule has 0 spiro atoms. The number of hydrogen-bond donors (Lipinski definition) is 1. The number of thiophene rings is 1. The van der Waals surface area contributed by atoms with Gasteiger partial charge in [-0.1, -0.05) is 18.2 Å². The van der Waals surface area contributed by atoms with E-state index in [1.807, 2.05) is 11.3 Å². The summed E-state index contributed by atoms with van der Waals surface area (Å²) in [4.78, 5) is 23.0. The second kappa shape index (κ2) is 8.70. The van der Waals surface area contributed by atoms with E-state index in [0.717, 1.165) is 31.4 Å². The van der Waals surface area contributed by atoms with Crippen LogP contribution in [0.5, 0.6) is 0 Å².